The summed E-state index contributed by atoms with van der Waals surface area (Å²) < 4.78 is 18.2. The van der Waals surface area contributed by atoms with E-state index in [1.165, 1.54) is 12.1 Å². The molecule has 0 aliphatic rings. The van der Waals surface area contributed by atoms with Crippen LogP contribution in [0.3, 0.4) is 0 Å². The van der Waals surface area contributed by atoms with Crippen LogP contribution in [0.4, 0.5) is 10.1 Å². The maximum Gasteiger partial charge on any atom is 0.126 e. The van der Waals surface area contributed by atoms with Crippen molar-refractivity contribution in [2.75, 3.05) is 12.4 Å². The van der Waals surface area contributed by atoms with E-state index in [-0.39, 0.29) is 5.82 Å². The lowest BCUT2D eigenvalue weighted by molar-refractivity contribution is 0.409. The molecule has 2 nitrogen and oxygen atoms in total. The summed E-state index contributed by atoms with van der Waals surface area (Å²) in [6.45, 7) is 4.71. The van der Waals surface area contributed by atoms with Crippen molar-refractivity contribution in [2.45, 2.75) is 20.4 Å². The predicted molar refractivity (Wildman–Crippen MR) is 76.2 cm³/mol. The van der Waals surface area contributed by atoms with Crippen molar-refractivity contribution in [3.8, 4) is 5.75 Å². The molecule has 2 aromatic rings. The lowest BCUT2D eigenvalue weighted by Gasteiger charge is -2.14. The van der Waals surface area contributed by atoms with Crippen molar-refractivity contribution in [3.63, 3.8) is 0 Å². The van der Waals surface area contributed by atoms with Crippen LogP contribution in [0.15, 0.2) is 36.4 Å². The van der Waals surface area contributed by atoms with Gasteiger partial charge in [-0.3, -0.25) is 0 Å². The van der Waals surface area contributed by atoms with Gasteiger partial charge in [0.2, 0.25) is 0 Å². The molecule has 0 unspecified atom stereocenters. The van der Waals surface area contributed by atoms with E-state index in [0.29, 0.717) is 6.54 Å². The lowest BCUT2D eigenvalue weighted by atomic mass is 10.1. The number of methoxy groups -OCH3 is 1. The van der Waals surface area contributed by atoms with Gasteiger partial charge in [0.1, 0.15) is 11.6 Å². The van der Waals surface area contributed by atoms with Crippen molar-refractivity contribution in [1.82, 2.24) is 0 Å². The Labute approximate surface area is 113 Å². The molecule has 0 spiro atoms. The molecule has 0 aliphatic heterocycles. The molecule has 1 N–H and O–H groups in total. The van der Waals surface area contributed by atoms with Crippen LogP contribution in [0.5, 0.6) is 5.75 Å². The van der Waals surface area contributed by atoms with Crippen LogP contribution in [0.2, 0.25) is 0 Å². The van der Waals surface area contributed by atoms with Gasteiger partial charge in [-0.1, -0.05) is 18.2 Å². The van der Waals surface area contributed by atoms with Crippen LogP contribution in [0.25, 0.3) is 0 Å². The zero-order valence-corrected chi connectivity index (χ0v) is 11.5. The van der Waals surface area contributed by atoms with Crippen LogP contribution in [-0.2, 0) is 6.54 Å². The number of aryl methyl sites for hydroxylation is 1. The number of halogens is 1. The Bertz CT molecular complexity index is 564. The quantitative estimate of drug-likeness (QED) is 0.894. The summed E-state index contributed by atoms with van der Waals surface area (Å²) in [7, 11) is 1.68. The third-order valence-corrected chi connectivity index (χ3v) is 3.20. The number of anilines is 1. The number of rotatable bonds is 4. The van der Waals surface area contributed by atoms with Crippen LogP contribution in [-0.4, -0.2) is 7.11 Å². The Morgan fingerprint density at radius 1 is 1.05 bits per heavy atom. The molecule has 0 aromatic heterocycles. The molecule has 2 aromatic carbocycles. The first kappa shape index (κ1) is 13.4. The van der Waals surface area contributed by atoms with E-state index in [1.54, 1.807) is 19.2 Å². The third-order valence-electron chi connectivity index (χ3n) is 3.20. The van der Waals surface area contributed by atoms with E-state index in [2.05, 4.69) is 5.32 Å². The van der Waals surface area contributed by atoms with Gasteiger partial charge < -0.3 is 10.1 Å². The largest absolute Gasteiger partial charge is 0.496 e. The zero-order chi connectivity index (χ0) is 13.8. The smallest absolute Gasteiger partial charge is 0.126 e. The standard InChI is InChI=1S/C16H18FNO/c1-11-4-9-15(12(2)16(11)19-3)18-10-13-5-7-14(17)8-6-13/h4-9,18H,10H2,1-3H3. The van der Waals surface area contributed by atoms with Gasteiger partial charge in [0, 0.05) is 17.8 Å². The minimum absolute atomic E-state index is 0.211. The average Bonchev–Trinajstić information content (AvgIpc) is 2.40. The Kier molecular flexibility index (Phi) is 4.05. The van der Waals surface area contributed by atoms with Gasteiger partial charge in [0.15, 0.2) is 0 Å². The summed E-state index contributed by atoms with van der Waals surface area (Å²) in [5.74, 6) is 0.695. The first-order valence-electron chi connectivity index (χ1n) is 6.24. The van der Waals surface area contributed by atoms with Gasteiger partial charge in [0.05, 0.1) is 7.11 Å². The molecule has 0 atom stereocenters. The topological polar surface area (TPSA) is 21.3 Å². The molecule has 0 saturated heterocycles. The average molecular weight is 259 g/mol. The molecule has 100 valence electrons. The molecule has 0 bridgehead atoms. The van der Waals surface area contributed by atoms with E-state index >= 15 is 0 Å². The maximum absolute atomic E-state index is 12.8. The van der Waals surface area contributed by atoms with Crippen LogP contribution in [0, 0.1) is 19.7 Å². The number of nitrogens with one attached hydrogen (secondary N) is 1. The summed E-state index contributed by atoms with van der Waals surface area (Å²) in [4.78, 5) is 0. The summed E-state index contributed by atoms with van der Waals surface area (Å²) >= 11 is 0. The maximum atomic E-state index is 12.8. The Morgan fingerprint density at radius 3 is 2.37 bits per heavy atom. The molecule has 0 saturated carbocycles. The monoisotopic (exact) mass is 259 g/mol. The second-order valence-corrected chi connectivity index (χ2v) is 4.57. The van der Waals surface area contributed by atoms with Gasteiger partial charge in [-0.25, -0.2) is 4.39 Å². The van der Waals surface area contributed by atoms with Gasteiger partial charge >= 0.3 is 0 Å². The Morgan fingerprint density at radius 2 is 1.74 bits per heavy atom. The molecule has 3 heteroatoms. The molecule has 19 heavy (non-hydrogen) atoms. The molecule has 0 radical (unpaired) electrons. The molecule has 0 heterocycles. The van der Waals surface area contributed by atoms with Crippen LogP contribution in [0.1, 0.15) is 16.7 Å². The van der Waals surface area contributed by atoms with E-state index in [1.807, 2.05) is 26.0 Å². The highest BCUT2D eigenvalue weighted by atomic mass is 19.1. The second-order valence-electron chi connectivity index (χ2n) is 4.57. The molecule has 0 aliphatic carbocycles. The van der Waals surface area contributed by atoms with Crippen molar-refractivity contribution in [3.05, 3.63) is 58.9 Å². The van der Waals surface area contributed by atoms with Crippen molar-refractivity contribution >= 4 is 5.69 Å². The number of benzene rings is 2. The molecule has 0 amide bonds. The highest BCUT2D eigenvalue weighted by molar-refractivity contribution is 5.59. The van der Waals surface area contributed by atoms with Crippen LogP contribution >= 0.6 is 0 Å². The van der Waals surface area contributed by atoms with Crippen molar-refractivity contribution in [2.24, 2.45) is 0 Å². The third kappa shape index (κ3) is 3.05. The van der Waals surface area contributed by atoms with Gasteiger partial charge in [-0.2, -0.15) is 0 Å². The van der Waals surface area contributed by atoms with Gasteiger partial charge in [-0.15, -0.1) is 0 Å². The second kappa shape index (κ2) is 5.74. The fourth-order valence-electron chi connectivity index (χ4n) is 2.13. The van der Waals surface area contributed by atoms with Gasteiger partial charge in [-0.05, 0) is 43.2 Å². The minimum atomic E-state index is -0.211. The van der Waals surface area contributed by atoms with Crippen LogP contribution < -0.4 is 10.1 Å². The zero-order valence-electron chi connectivity index (χ0n) is 11.5. The number of ether oxygens (including phenoxy) is 1. The molecule has 2 rings (SSSR count). The van der Waals surface area contributed by atoms with Gasteiger partial charge in [0.25, 0.3) is 0 Å². The number of hydrogen-bond acceptors (Lipinski definition) is 2. The van der Waals surface area contributed by atoms with E-state index in [9.17, 15) is 4.39 Å². The highest BCUT2D eigenvalue weighted by Gasteiger charge is 2.07. The SMILES string of the molecule is COc1c(C)ccc(NCc2ccc(F)cc2)c1C. The normalized spacial score (nSPS) is 10.3. The lowest BCUT2D eigenvalue weighted by Crippen LogP contribution is -2.03. The first-order valence-corrected chi connectivity index (χ1v) is 6.24. The molecule has 0 fully saturated rings. The predicted octanol–water partition coefficient (Wildman–Crippen LogP) is 4.06. The molecular weight excluding hydrogens is 241 g/mol. The van der Waals surface area contributed by atoms with E-state index in [0.717, 1.165) is 28.1 Å². The minimum Gasteiger partial charge on any atom is -0.496 e. The summed E-state index contributed by atoms with van der Waals surface area (Å²) in [5.41, 5.74) is 4.28. The fraction of sp³-hybridized carbons (Fsp3) is 0.250. The van der Waals surface area contributed by atoms with E-state index in [4.69, 9.17) is 4.74 Å². The summed E-state index contributed by atoms with van der Waals surface area (Å²) in [5, 5.41) is 3.35. The number of hydrogen-bond donors (Lipinski definition) is 1. The highest BCUT2D eigenvalue weighted by Crippen LogP contribution is 2.29. The fourth-order valence-corrected chi connectivity index (χ4v) is 2.13. The molecular formula is C16H18FNO. The summed E-state index contributed by atoms with van der Waals surface area (Å²) in [6.07, 6.45) is 0. The van der Waals surface area contributed by atoms with Crippen molar-refractivity contribution in [1.29, 1.82) is 0 Å². The van der Waals surface area contributed by atoms with E-state index < -0.39 is 0 Å². The first-order chi connectivity index (χ1) is 9.11. The van der Waals surface area contributed by atoms with Crippen molar-refractivity contribution < 1.29 is 9.13 Å². The Hall–Kier alpha value is -2.03. The summed E-state index contributed by atoms with van der Waals surface area (Å²) in [6, 6.07) is 10.6. The Balaban J connectivity index is 2.13.